The van der Waals surface area contributed by atoms with Gasteiger partial charge in [-0.1, -0.05) is 194 Å². The number of hydrogen-bond acceptors (Lipinski definition) is 10. The molecule has 99 heavy (non-hydrogen) atoms. The van der Waals surface area contributed by atoms with Gasteiger partial charge in [-0.05, 0) is 224 Å². The Balaban J connectivity index is 1.12. The van der Waals surface area contributed by atoms with Crippen molar-refractivity contribution in [2.75, 3.05) is 36.2 Å². The molecule has 0 radical (unpaired) electrons. The number of benzene rings is 6. The van der Waals surface area contributed by atoms with Gasteiger partial charge in [0, 0.05) is 53.6 Å². The second-order valence-electron chi connectivity index (χ2n) is 26.6. The topological polar surface area (TPSA) is 104 Å². The molecule has 0 spiro atoms. The molecule has 0 fully saturated rings. The smallest absolute Gasteiger partial charge is 0.346 e. The van der Waals surface area contributed by atoms with E-state index in [0.717, 1.165) is 162 Å². The predicted octanol–water partition coefficient (Wildman–Crippen LogP) is 27.1. The Morgan fingerprint density at radius 3 is 1.09 bits per heavy atom. The Labute approximate surface area is 601 Å². The van der Waals surface area contributed by atoms with Crippen LogP contribution in [0.4, 0.5) is 34.1 Å². The molecular weight excluding hydrogens is 1260 g/mol. The lowest BCUT2D eigenvalue weighted by Gasteiger charge is -2.27. The number of carbonyl (C=O) groups is 1. The number of thiophene rings is 2. The average molecular weight is 1370 g/mol. The minimum Gasteiger partial charge on any atom is -0.494 e. The Kier molecular flexibility index (Phi) is 31.5. The lowest BCUT2D eigenvalue weighted by Crippen LogP contribution is -2.11. The summed E-state index contributed by atoms with van der Waals surface area (Å²) in [5, 5.41) is 19.6. The summed E-state index contributed by atoms with van der Waals surface area (Å²) < 4.78 is 25.5. The van der Waals surface area contributed by atoms with Crippen LogP contribution in [0, 0.1) is 11.3 Å². The van der Waals surface area contributed by atoms with Crippen molar-refractivity contribution in [3.05, 3.63) is 184 Å². The number of aliphatic carboxylic acids is 1. The molecule has 2 heterocycles. The van der Waals surface area contributed by atoms with E-state index in [4.69, 9.17) is 18.9 Å². The molecule has 0 amide bonds. The second kappa shape index (κ2) is 41.5. The Morgan fingerprint density at radius 2 is 0.737 bits per heavy atom. The number of carboxylic acids is 1. The van der Waals surface area contributed by atoms with Gasteiger partial charge in [0.15, 0.2) is 0 Å². The van der Waals surface area contributed by atoms with Crippen LogP contribution in [-0.2, 0) is 11.2 Å². The Hall–Kier alpha value is -8.04. The zero-order valence-corrected chi connectivity index (χ0v) is 61.7. The summed E-state index contributed by atoms with van der Waals surface area (Å²) in [4.78, 5) is 20.9. The molecule has 9 nitrogen and oxygen atoms in total. The van der Waals surface area contributed by atoms with Crippen molar-refractivity contribution < 1.29 is 28.8 Å². The quantitative estimate of drug-likeness (QED) is 0.0227. The van der Waals surface area contributed by atoms with Crippen LogP contribution in [0.2, 0.25) is 0 Å². The number of hydrogen-bond donors (Lipinski definition) is 1. The van der Waals surface area contributed by atoms with Crippen molar-refractivity contribution in [1.29, 1.82) is 5.26 Å². The molecule has 0 saturated heterocycles. The number of ether oxygens (including phenoxy) is 4. The van der Waals surface area contributed by atoms with E-state index in [-0.39, 0.29) is 5.57 Å². The van der Waals surface area contributed by atoms with E-state index in [1.54, 1.807) is 22.7 Å². The first-order chi connectivity index (χ1) is 48.7. The van der Waals surface area contributed by atoms with Gasteiger partial charge >= 0.3 is 5.97 Å². The van der Waals surface area contributed by atoms with Gasteiger partial charge in [-0.2, -0.15) is 5.26 Å². The van der Waals surface area contributed by atoms with Gasteiger partial charge in [0.25, 0.3) is 0 Å². The molecule has 1 aliphatic rings. The van der Waals surface area contributed by atoms with Gasteiger partial charge in [0.2, 0.25) is 0 Å². The van der Waals surface area contributed by atoms with Crippen LogP contribution >= 0.6 is 22.7 Å². The normalized spacial score (nSPS) is 11.7. The largest absolute Gasteiger partial charge is 0.494 e. The standard InChI is InChI=1S/C88H109N3O6S2/c1-6-11-16-21-25-30-57-94-75-45-35-69(36-46-75)90(70-37-47-76(48-38-70)95-58-31-26-22-17-12-7-2)73-43-54-81-83(63-73)84-64-74(44-55-82(84)85(81)65-79-53-56-86(98-79)87-67(34-29-20-15-10-5)61-80(99-87)62-68(66-89)88(92)93)91(71-39-49-77(50-40-71)96-59-32-27-23-18-13-8-3)72-41-51-78(52-42-72)97-60-33-28-24-19-14-9-4/h35-56,61-65H,6-34,57-60H2,1-5H3,(H,92,93)/b68-62-. The van der Waals surface area contributed by atoms with Crippen molar-refractivity contribution in [2.24, 2.45) is 0 Å². The summed E-state index contributed by atoms with van der Waals surface area (Å²) in [7, 11) is 0. The van der Waals surface area contributed by atoms with Crippen LogP contribution in [0.3, 0.4) is 0 Å². The Morgan fingerprint density at radius 1 is 0.394 bits per heavy atom. The van der Waals surface area contributed by atoms with Gasteiger partial charge in [-0.25, -0.2) is 4.79 Å². The molecule has 1 N–H and O–H groups in total. The molecule has 8 aromatic rings. The molecule has 0 atom stereocenters. The summed E-state index contributed by atoms with van der Waals surface area (Å²) >= 11 is 3.31. The molecule has 0 unspecified atom stereocenters. The number of nitrogens with zero attached hydrogens (tertiary/aromatic N) is 3. The number of rotatable bonds is 47. The highest BCUT2D eigenvalue weighted by molar-refractivity contribution is 7.23. The molecule has 9 rings (SSSR count). The van der Waals surface area contributed by atoms with E-state index in [2.05, 4.69) is 202 Å². The van der Waals surface area contributed by atoms with E-state index in [1.807, 2.05) is 6.07 Å². The van der Waals surface area contributed by atoms with Crippen molar-refractivity contribution in [3.63, 3.8) is 0 Å². The van der Waals surface area contributed by atoms with Gasteiger partial charge < -0.3 is 33.9 Å². The summed E-state index contributed by atoms with van der Waals surface area (Å²) in [6.07, 6.45) is 38.3. The zero-order valence-electron chi connectivity index (χ0n) is 60.1. The van der Waals surface area contributed by atoms with Crippen LogP contribution in [0.25, 0.3) is 38.6 Å². The number of anilines is 6. The zero-order chi connectivity index (χ0) is 69.2. The van der Waals surface area contributed by atoms with E-state index < -0.39 is 5.97 Å². The van der Waals surface area contributed by atoms with Crippen molar-refractivity contribution in [3.8, 4) is 49.9 Å². The molecule has 2 aromatic heterocycles. The molecule has 11 heteroatoms. The maximum absolute atomic E-state index is 12.0. The fourth-order valence-corrected chi connectivity index (χ4v) is 15.4. The molecule has 1 aliphatic carbocycles. The summed E-state index contributed by atoms with van der Waals surface area (Å²) in [5.41, 5.74) is 12.7. The van der Waals surface area contributed by atoms with Gasteiger partial charge in [0.1, 0.15) is 34.6 Å². The number of aryl methyl sites for hydroxylation is 1. The number of nitriles is 1. The fourth-order valence-electron chi connectivity index (χ4n) is 13.1. The maximum atomic E-state index is 12.0. The number of carboxylic acid groups (broad SMARTS) is 1. The highest BCUT2D eigenvalue weighted by Gasteiger charge is 2.28. The van der Waals surface area contributed by atoms with Crippen LogP contribution in [0.15, 0.2) is 157 Å². The third kappa shape index (κ3) is 22.7. The monoisotopic (exact) mass is 1370 g/mol. The molecule has 6 aromatic carbocycles. The maximum Gasteiger partial charge on any atom is 0.346 e. The van der Waals surface area contributed by atoms with Crippen molar-refractivity contribution in [1.82, 2.24) is 0 Å². The van der Waals surface area contributed by atoms with Gasteiger partial charge in [0.05, 0.1) is 26.4 Å². The Bertz CT molecular complexity index is 3500. The molecule has 0 aliphatic heterocycles. The van der Waals surface area contributed by atoms with E-state index >= 15 is 0 Å². The average Bonchev–Trinajstić information content (AvgIpc) is 1.60. The van der Waals surface area contributed by atoms with Crippen LogP contribution in [0.5, 0.6) is 23.0 Å². The first-order valence-electron chi connectivity index (χ1n) is 37.8. The lowest BCUT2D eigenvalue weighted by molar-refractivity contribution is -0.132. The van der Waals surface area contributed by atoms with Crippen molar-refractivity contribution in [2.45, 2.75) is 221 Å². The van der Waals surface area contributed by atoms with Crippen LogP contribution < -0.4 is 28.7 Å². The predicted molar refractivity (Wildman–Crippen MR) is 420 cm³/mol. The lowest BCUT2D eigenvalue weighted by atomic mass is 10.0. The first kappa shape index (κ1) is 75.2. The molecule has 0 bridgehead atoms. The van der Waals surface area contributed by atoms with Crippen LogP contribution in [-0.4, -0.2) is 37.5 Å². The van der Waals surface area contributed by atoms with Gasteiger partial charge in [-0.3, -0.25) is 0 Å². The minimum absolute atomic E-state index is 0.264. The fraction of sp³-hybridized carbons (Fsp3) is 0.432. The number of fused-ring (bicyclic) bond motifs is 3. The third-order valence-electron chi connectivity index (χ3n) is 18.7. The molecule has 0 saturated carbocycles. The summed E-state index contributed by atoms with van der Waals surface area (Å²) in [6, 6.07) is 56.7. The number of unbranched alkanes of at least 4 members (excludes halogenated alkanes) is 23. The molecular formula is C88H109N3O6S2. The highest BCUT2D eigenvalue weighted by atomic mass is 32.1. The summed E-state index contributed by atoms with van der Waals surface area (Å²) in [6.45, 7) is 14.1. The minimum atomic E-state index is -1.22. The van der Waals surface area contributed by atoms with Crippen molar-refractivity contribution >= 4 is 80.5 Å². The second-order valence-corrected chi connectivity index (χ2v) is 28.8. The highest BCUT2D eigenvalue weighted by Crippen LogP contribution is 2.51. The van der Waals surface area contributed by atoms with E-state index in [1.165, 1.54) is 140 Å². The first-order valence-corrected chi connectivity index (χ1v) is 39.5. The van der Waals surface area contributed by atoms with Gasteiger partial charge in [-0.15, -0.1) is 22.7 Å². The SMILES string of the molecule is CCCCCCCCOc1ccc(N(c2ccc(OCCCCCCCC)cc2)c2ccc3c(c2)-c2cc(N(c4ccc(OCCCCCCCC)cc4)c4ccc(OCCCCCCCC)cc4)ccc2C3=Cc2ccc(-c3sc(/C=C(/C#N)C(=O)O)cc3CCCCCC)s2)cc1. The summed E-state index contributed by atoms with van der Waals surface area (Å²) in [5.74, 6) is 2.26. The van der Waals surface area contributed by atoms with Crippen LogP contribution in [0.1, 0.15) is 241 Å². The van der Waals surface area contributed by atoms with E-state index in [0.29, 0.717) is 26.4 Å². The van der Waals surface area contributed by atoms with E-state index in [9.17, 15) is 15.2 Å². The third-order valence-corrected chi connectivity index (χ3v) is 21.1. The molecule has 524 valence electrons.